The number of hydrogen-bond acceptors (Lipinski definition) is 7. The third-order valence-corrected chi connectivity index (χ3v) is 8.16. The van der Waals surface area contributed by atoms with E-state index in [1.807, 2.05) is 39.0 Å². The molecule has 0 N–H and O–H groups in total. The average molecular weight is 680 g/mol. The average Bonchev–Trinajstić information content (AvgIpc) is 3.29. The number of ether oxygens (including phenoxy) is 3. The summed E-state index contributed by atoms with van der Waals surface area (Å²) in [5.74, 6) is -2.52. The van der Waals surface area contributed by atoms with Gasteiger partial charge in [0.1, 0.15) is 17.4 Å². The van der Waals surface area contributed by atoms with E-state index in [-0.39, 0.29) is 28.2 Å². The van der Waals surface area contributed by atoms with E-state index in [1.54, 1.807) is 12.0 Å². The fourth-order valence-corrected chi connectivity index (χ4v) is 5.67. The lowest BCUT2D eigenvalue weighted by molar-refractivity contribution is -0.146. The van der Waals surface area contributed by atoms with Gasteiger partial charge in [-0.1, -0.05) is 49.6 Å². The van der Waals surface area contributed by atoms with E-state index in [4.69, 9.17) is 37.4 Å². The summed E-state index contributed by atoms with van der Waals surface area (Å²) < 4.78 is 30.0. The molecule has 2 aromatic carbocycles. The van der Waals surface area contributed by atoms with Crippen molar-refractivity contribution < 1.29 is 37.8 Å². The van der Waals surface area contributed by atoms with Crippen molar-refractivity contribution in [2.24, 2.45) is 0 Å². The van der Waals surface area contributed by atoms with Gasteiger partial charge in [-0.15, -0.1) is 11.6 Å². The summed E-state index contributed by atoms with van der Waals surface area (Å²) in [5.41, 5.74) is 3.75. The second-order valence-electron chi connectivity index (χ2n) is 11.0. The largest absolute Gasteiger partial charge is 0.480 e. The van der Waals surface area contributed by atoms with Crippen LogP contribution in [0.15, 0.2) is 41.5 Å². The number of alkyl halides is 1. The van der Waals surface area contributed by atoms with Crippen molar-refractivity contribution in [3.63, 3.8) is 0 Å². The van der Waals surface area contributed by atoms with Crippen LogP contribution in [0, 0.1) is 19.7 Å². The zero-order valence-corrected chi connectivity index (χ0v) is 28.3. The zero-order chi connectivity index (χ0) is 33.8. The molecule has 250 valence electrons. The molecule has 1 aliphatic heterocycles. The van der Waals surface area contributed by atoms with E-state index in [9.17, 15) is 23.6 Å². The number of unbranched alkanes of at least 4 members (excludes halogenated alkanes) is 2. The lowest BCUT2D eigenvalue weighted by Crippen LogP contribution is -2.35. The molecule has 46 heavy (non-hydrogen) atoms. The van der Waals surface area contributed by atoms with Gasteiger partial charge in [0, 0.05) is 36.6 Å². The lowest BCUT2D eigenvalue weighted by Gasteiger charge is -2.25. The highest BCUT2D eigenvalue weighted by molar-refractivity contribution is 6.34. The molecule has 0 radical (unpaired) electrons. The SMILES string of the molecule is CCCCCOC(=O)COc1cc(N2C(=O)C3=C(CCCC3)C2=O)c(F)cc1Cl.COCCN(C(=O)CCl)c1c(C)cccc1C. The van der Waals surface area contributed by atoms with Crippen LogP contribution in [0.5, 0.6) is 5.75 Å². The minimum Gasteiger partial charge on any atom is -0.480 e. The molecular formula is C34H41Cl2FN2O7. The lowest BCUT2D eigenvalue weighted by atomic mass is 9.93. The number of hydrogen-bond donors (Lipinski definition) is 0. The quantitative estimate of drug-likeness (QED) is 0.0987. The molecule has 3 amide bonds. The molecule has 0 fully saturated rings. The van der Waals surface area contributed by atoms with Crippen molar-refractivity contribution in [3.05, 3.63) is 63.4 Å². The molecular weight excluding hydrogens is 638 g/mol. The second-order valence-corrected chi connectivity index (χ2v) is 11.6. The summed E-state index contributed by atoms with van der Waals surface area (Å²) in [6.45, 7) is 6.93. The Labute approximate surface area is 279 Å². The van der Waals surface area contributed by atoms with Crippen LogP contribution < -0.4 is 14.5 Å². The number of carbonyl (C=O) groups excluding carboxylic acids is 4. The topological polar surface area (TPSA) is 102 Å². The number of nitrogens with zero attached hydrogens (tertiary/aromatic N) is 2. The summed E-state index contributed by atoms with van der Waals surface area (Å²) in [6, 6.07) is 8.11. The Kier molecular flexibility index (Phi) is 14.5. The molecule has 9 nitrogen and oxygen atoms in total. The molecule has 2 aliphatic rings. The van der Waals surface area contributed by atoms with E-state index in [0.717, 1.165) is 59.9 Å². The molecule has 4 rings (SSSR count). The first-order valence-electron chi connectivity index (χ1n) is 15.3. The van der Waals surface area contributed by atoms with E-state index < -0.39 is 30.2 Å². The molecule has 0 spiro atoms. The maximum Gasteiger partial charge on any atom is 0.344 e. The third-order valence-electron chi connectivity index (χ3n) is 7.63. The standard InChI is InChI=1S/C21H23ClFNO5.C13H18ClNO2/c1-2-3-6-9-28-19(25)12-29-18-11-17(16(23)10-15(18)22)24-20(26)13-7-4-5-8-14(13)21(24)27;1-10-5-4-6-11(2)13(10)15(7-8-17-3)12(16)9-14/h10-11H,2-9,12H2,1H3;4-6H,7-9H2,1-3H3. The van der Waals surface area contributed by atoms with Gasteiger partial charge in [-0.05, 0) is 63.1 Å². The van der Waals surface area contributed by atoms with Gasteiger partial charge < -0.3 is 19.1 Å². The van der Waals surface area contributed by atoms with Crippen LogP contribution in [-0.4, -0.2) is 63.0 Å². The van der Waals surface area contributed by atoms with E-state index in [2.05, 4.69) is 0 Å². The van der Waals surface area contributed by atoms with Crippen molar-refractivity contribution in [2.75, 3.05) is 49.2 Å². The fourth-order valence-electron chi connectivity index (χ4n) is 5.32. The molecule has 2 aromatic rings. The molecule has 1 heterocycles. The van der Waals surface area contributed by atoms with Crippen LogP contribution in [0.1, 0.15) is 63.0 Å². The number of benzene rings is 2. The minimum absolute atomic E-state index is 0.000883. The smallest absolute Gasteiger partial charge is 0.344 e. The molecule has 0 saturated heterocycles. The first kappa shape index (κ1) is 37.0. The summed E-state index contributed by atoms with van der Waals surface area (Å²) in [5, 5.41) is -0.0677. The number of imide groups is 1. The maximum absolute atomic E-state index is 14.5. The van der Waals surface area contributed by atoms with Crippen LogP contribution in [0.4, 0.5) is 15.8 Å². The predicted molar refractivity (Wildman–Crippen MR) is 176 cm³/mol. The molecule has 0 unspecified atom stereocenters. The van der Waals surface area contributed by atoms with Crippen molar-refractivity contribution in [1.82, 2.24) is 0 Å². The molecule has 0 bridgehead atoms. The Bertz CT molecular complexity index is 1410. The normalized spacial score (nSPS) is 14.1. The van der Waals surface area contributed by atoms with Gasteiger partial charge in [0.05, 0.1) is 23.9 Å². The maximum atomic E-state index is 14.5. The minimum atomic E-state index is -0.814. The summed E-state index contributed by atoms with van der Waals surface area (Å²) in [7, 11) is 1.62. The van der Waals surface area contributed by atoms with Crippen molar-refractivity contribution in [3.8, 4) is 5.75 Å². The number of methoxy groups -OCH3 is 1. The number of amides is 3. The number of aryl methyl sites for hydroxylation is 2. The van der Waals surface area contributed by atoms with Crippen molar-refractivity contribution in [2.45, 2.75) is 65.7 Å². The number of rotatable bonds is 13. The Morgan fingerprint density at radius 1 is 1.00 bits per heavy atom. The summed E-state index contributed by atoms with van der Waals surface area (Å²) in [4.78, 5) is 51.5. The fraction of sp³-hybridized carbons (Fsp3) is 0.471. The van der Waals surface area contributed by atoms with Crippen LogP contribution in [0.25, 0.3) is 0 Å². The second kappa shape index (κ2) is 18.0. The van der Waals surface area contributed by atoms with Gasteiger partial charge in [-0.25, -0.2) is 14.1 Å². The van der Waals surface area contributed by atoms with E-state index in [1.165, 1.54) is 6.07 Å². The van der Waals surface area contributed by atoms with Gasteiger partial charge in [-0.2, -0.15) is 0 Å². The van der Waals surface area contributed by atoms with Crippen LogP contribution >= 0.6 is 23.2 Å². The van der Waals surface area contributed by atoms with Gasteiger partial charge in [0.2, 0.25) is 5.91 Å². The Balaban J connectivity index is 0.000000289. The Hall–Kier alpha value is -3.47. The van der Waals surface area contributed by atoms with Gasteiger partial charge in [0.25, 0.3) is 11.8 Å². The first-order chi connectivity index (χ1) is 22.0. The molecule has 0 saturated carbocycles. The Morgan fingerprint density at radius 3 is 2.20 bits per heavy atom. The summed E-state index contributed by atoms with van der Waals surface area (Å²) in [6.07, 6.45) is 5.40. The molecule has 0 aromatic heterocycles. The van der Waals surface area contributed by atoms with E-state index >= 15 is 0 Å². The van der Waals surface area contributed by atoms with Crippen LogP contribution in [0.2, 0.25) is 5.02 Å². The summed E-state index contributed by atoms with van der Waals surface area (Å²) >= 11 is 11.7. The van der Waals surface area contributed by atoms with Gasteiger partial charge >= 0.3 is 5.97 Å². The highest BCUT2D eigenvalue weighted by Crippen LogP contribution is 2.39. The first-order valence-corrected chi connectivity index (χ1v) is 16.3. The van der Waals surface area contributed by atoms with Gasteiger partial charge in [0.15, 0.2) is 6.61 Å². The van der Waals surface area contributed by atoms with Gasteiger partial charge in [-0.3, -0.25) is 14.4 Å². The molecule has 1 aliphatic carbocycles. The zero-order valence-electron chi connectivity index (χ0n) is 26.8. The van der Waals surface area contributed by atoms with Crippen molar-refractivity contribution >= 4 is 58.3 Å². The Morgan fingerprint density at radius 2 is 1.63 bits per heavy atom. The molecule has 12 heteroatoms. The van der Waals surface area contributed by atoms with Crippen LogP contribution in [-0.2, 0) is 28.7 Å². The predicted octanol–water partition coefficient (Wildman–Crippen LogP) is 6.86. The monoisotopic (exact) mass is 678 g/mol. The molecule has 0 atom stereocenters. The highest BCUT2D eigenvalue weighted by atomic mass is 35.5. The number of carbonyl (C=O) groups is 4. The number of esters is 1. The van der Waals surface area contributed by atoms with Crippen LogP contribution in [0.3, 0.4) is 0 Å². The third kappa shape index (κ3) is 9.30. The number of para-hydroxylation sites is 1. The number of halogens is 3. The van der Waals surface area contributed by atoms with Crippen molar-refractivity contribution in [1.29, 1.82) is 0 Å². The highest BCUT2D eigenvalue weighted by Gasteiger charge is 2.41. The van der Waals surface area contributed by atoms with E-state index in [0.29, 0.717) is 43.7 Å². The number of anilines is 2.